The molecule has 0 bridgehead atoms. The summed E-state index contributed by atoms with van der Waals surface area (Å²) >= 11 is 0. The Morgan fingerprint density at radius 1 is 1.23 bits per heavy atom. The standard InChI is InChI=1S/C24H31N3O4/c1-5-27(19-6-8-31-9-7-19)22-12-18(14-28)11-20(17(22)4)23(29)25-13-21-15(2)10-16(3)26-24(21)30/h10-12,14,19H,5-9,13H2,1-4H3,(H,25,29)(H,26,30). The van der Waals surface area contributed by atoms with Gasteiger partial charge in [-0.05, 0) is 69.9 Å². The molecule has 1 aliphatic rings. The van der Waals surface area contributed by atoms with Gasteiger partial charge < -0.3 is 19.9 Å². The zero-order chi connectivity index (χ0) is 22.5. The quantitative estimate of drug-likeness (QED) is 0.666. The molecule has 1 aliphatic heterocycles. The molecular formula is C24H31N3O4. The average Bonchev–Trinajstić information content (AvgIpc) is 2.75. The number of rotatable bonds is 7. The van der Waals surface area contributed by atoms with E-state index < -0.39 is 0 Å². The van der Waals surface area contributed by atoms with Gasteiger partial charge in [-0.15, -0.1) is 0 Å². The summed E-state index contributed by atoms with van der Waals surface area (Å²) in [5.41, 5.74) is 4.57. The number of carbonyl (C=O) groups is 2. The highest BCUT2D eigenvalue weighted by Gasteiger charge is 2.24. The number of nitrogens with one attached hydrogen (secondary N) is 2. The summed E-state index contributed by atoms with van der Waals surface area (Å²) in [4.78, 5) is 42.0. The first-order valence-electron chi connectivity index (χ1n) is 10.8. The number of ether oxygens (including phenoxy) is 1. The van der Waals surface area contributed by atoms with Crippen LogP contribution >= 0.6 is 0 Å². The zero-order valence-corrected chi connectivity index (χ0v) is 18.7. The Morgan fingerprint density at radius 2 is 1.94 bits per heavy atom. The van der Waals surface area contributed by atoms with Crippen molar-refractivity contribution in [3.05, 3.63) is 62.1 Å². The van der Waals surface area contributed by atoms with E-state index in [9.17, 15) is 14.4 Å². The second kappa shape index (κ2) is 9.92. The molecule has 2 heterocycles. The fraction of sp³-hybridized carbons (Fsp3) is 0.458. The molecule has 0 radical (unpaired) electrons. The molecule has 0 atom stereocenters. The fourth-order valence-corrected chi connectivity index (χ4v) is 4.31. The number of amides is 1. The average molecular weight is 426 g/mol. The Balaban J connectivity index is 1.90. The maximum atomic E-state index is 13.1. The lowest BCUT2D eigenvalue weighted by Gasteiger charge is -2.36. The van der Waals surface area contributed by atoms with E-state index in [1.54, 1.807) is 6.07 Å². The van der Waals surface area contributed by atoms with Crippen LogP contribution in [0.25, 0.3) is 0 Å². The number of anilines is 1. The van der Waals surface area contributed by atoms with Gasteiger partial charge in [0.1, 0.15) is 6.29 Å². The van der Waals surface area contributed by atoms with Crippen LogP contribution < -0.4 is 15.8 Å². The van der Waals surface area contributed by atoms with Gasteiger partial charge in [0.2, 0.25) is 0 Å². The largest absolute Gasteiger partial charge is 0.381 e. The molecule has 3 rings (SSSR count). The lowest BCUT2D eigenvalue weighted by Crippen LogP contribution is -2.40. The number of pyridine rings is 1. The van der Waals surface area contributed by atoms with Crippen LogP contribution in [0.4, 0.5) is 5.69 Å². The minimum absolute atomic E-state index is 0.123. The number of hydrogen-bond donors (Lipinski definition) is 2. The monoisotopic (exact) mass is 425 g/mol. The third kappa shape index (κ3) is 5.05. The molecular weight excluding hydrogens is 394 g/mol. The van der Waals surface area contributed by atoms with Crippen LogP contribution in [0.5, 0.6) is 0 Å². The summed E-state index contributed by atoms with van der Waals surface area (Å²) in [6, 6.07) is 5.66. The molecule has 0 unspecified atom stereocenters. The van der Waals surface area contributed by atoms with Crippen LogP contribution in [0, 0.1) is 20.8 Å². The molecule has 1 amide bonds. The molecule has 1 aromatic carbocycles. The topological polar surface area (TPSA) is 91.5 Å². The molecule has 1 aromatic heterocycles. The van der Waals surface area contributed by atoms with Crippen molar-refractivity contribution in [2.24, 2.45) is 0 Å². The number of aromatic amines is 1. The molecule has 1 saturated heterocycles. The molecule has 1 fully saturated rings. The number of aromatic nitrogens is 1. The summed E-state index contributed by atoms with van der Waals surface area (Å²) in [5, 5.41) is 2.86. The number of hydrogen-bond acceptors (Lipinski definition) is 5. The van der Waals surface area contributed by atoms with Gasteiger partial charge in [0.15, 0.2) is 0 Å². The van der Waals surface area contributed by atoms with Gasteiger partial charge in [0.25, 0.3) is 11.5 Å². The number of nitrogens with zero attached hydrogens (tertiary/aromatic N) is 1. The minimum Gasteiger partial charge on any atom is -0.381 e. The van der Waals surface area contributed by atoms with Gasteiger partial charge in [-0.25, -0.2) is 0 Å². The molecule has 0 saturated carbocycles. The number of H-pyrrole nitrogens is 1. The normalized spacial score (nSPS) is 14.3. The highest BCUT2D eigenvalue weighted by atomic mass is 16.5. The first kappa shape index (κ1) is 22.7. The van der Waals surface area contributed by atoms with E-state index in [1.165, 1.54) is 0 Å². The lowest BCUT2D eigenvalue weighted by molar-refractivity contribution is 0.0845. The van der Waals surface area contributed by atoms with Crippen molar-refractivity contribution in [3.8, 4) is 0 Å². The van der Waals surface area contributed by atoms with Crippen LogP contribution in [0.1, 0.15) is 62.9 Å². The van der Waals surface area contributed by atoms with Crippen LogP contribution in [0.3, 0.4) is 0 Å². The highest BCUT2D eigenvalue weighted by molar-refractivity contribution is 5.99. The van der Waals surface area contributed by atoms with Crippen LogP contribution in [0.2, 0.25) is 0 Å². The van der Waals surface area contributed by atoms with E-state index in [-0.39, 0.29) is 18.0 Å². The predicted molar refractivity (Wildman–Crippen MR) is 121 cm³/mol. The lowest BCUT2D eigenvalue weighted by atomic mass is 9.98. The summed E-state index contributed by atoms with van der Waals surface area (Å²) in [6.45, 7) is 9.98. The van der Waals surface area contributed by atoms with E-state index in [2.05, 4.69) is 22.1 Å². The summed E-state index contributed by atoms with van der Waals surface area (Å²) in [5.74, 6) is -0.301. The summed E-state index contributed by atoms with van der Waals surface area (Å²) < 4.78 is 5.49. The smallest absolute Gasteiger partial charge is 0.253 e. The fourth-order valence-electron chi connectivity index (χ4n) is 4.31. The Hall–Kier alpha value is -2.93. The van der Waals surface area contributed by atoms with Crippen molar-refractivity contribution in [2.75, 3.05) is 24.7 Å². The number of aryl methyl sites for hydroxylation is 2. The molecule has 0 aliphatic carbocycles. The Bertz CT molecular complexity index is 1020. The molecule has 166 valence electrons. The summed E-state index contributed by atoms with van der Waals surface area (Å²) in [6.07, 6.45) is 2.59. The van der Waals surface area contributed by atoms with E-state index in [4.69, 9.17) is 4.74 Å². The second-order valence-electron chi connectivity index (χ2n) is 8.09. The number of carbonyl (C=O) groups excluding carboxylic acids is 2. The van der Waals surface area contributed by atoms with Crippen LogP contribution in [0.15, 0.2) is 23.0 Å². The number of aldehydes is 1. The molecule has 31 heavy (non-hydrogen) atoms. The third-order valence-corrected chi connectivity index (χ3v) is 5.98. The maximum Gasteiger partial charge on any atom is 0.253 e. The second-order valence-corrected chi connectivity index (χ2v) is 8.09. The van der Waals surface area contributed by atoms with E-state index in [1.807, 2.05) is 32.9 Å². The van der Waals surface area contributed by atoms with Gasteiger partial charge >= 0.3 is 0 Å². The summed E-state index contributed by atoms with van der Waals surface area (Å²) in [7, 11) is 0. The van der Waals surface area contributed by atoms with Crippen molar-refractivity contribution >= 4 is 17.9 Å². The van der Waals surface area contributed by atoms with Crippen molar-refractivity contribution in [1.29, 1.82) is 0 Å². The molecule has 2 aromatic rings. The molecule has 7 heteroatoms. The Kier molecular flexibility index (Phi) is 7.28. The van der Waals surface area contributed by atoms with Gasteiger partial charge in [-0.1, -0.05) is 0 Å². The minimum atomic E-state index is -0.301. The van der Waals surface area contributed by atoms with Crippen molar-refractivity contribution < 1.29 is 14.3 Å². The van der Waals surface area contributed by atoms with E-state index in [0.717, 1.165) is 48.2 Å². The molecule has 7 nitrogen and oxygen atoms in total. The third-order valence-electron chi connectivity index (χ3n) is 5.98. The van der Waals surface area contributed by atoms with Gasteiger partial charge in [-0.2, -0.15) is 0 Å². The van der Waals surface area contributed by atoms with Crippen molar-refractivity contribution in [2.45, 2.75) is 53.1 Å². The first-order chi connectivity index (χ1) is 14.8. The number of benzene rings is 1. The Morgan fingerprint density at radius 3 is 2.55 bits per heavy atom. The highest BCUT2D eigenvalue weighted by Crippen LogP contribution is 2.29. The van der Waals surface area contributed by atoms with E-state index >= 15 is 0 Å². The van der Waals surface area contributed by atoms with Gasteiger partial charge in [0, 0.05) is 60.4 Å². The van der Waals surface area contributed by atoms with Crippen molar-refractivity contribution in [1.82, 2.24) is 10.3 Å². The van der Waals surface area contributed by atoms with Gasteiger partial charge in [0.05, 0.1) is 0 Å². The Labute approximate surface area is 182 Å². The SMILES string of the molecule is CCN(c1cc(C=O)cc(C(=O)NCc2c(C)cc(C)[nH]c2=O)c1C)C1CCOCC1. The van der Waals surface area contributed by atoms with Crippen LogP contribution in [-0.4, -0.2) is 43.0 Å². The first-order valence-corrected chi connectivity index (χ1v) is 10.8. The predicted octanol–water partition coefficient (Wildman–Crippen LogP) is 3.05. The maximum absolute atomic E-state index is 13.1. The molecule has 0 spiro atoms. The van der Waals surface area contributed by atoms with Gasteiger partial charge in [-0.3, -0.25) is 14.4 Å². The van der Waals surface area contributed by atoms with Crippen molar-refractivity contribution in [3.63, 3.8) is 0 Å². The molecule has 2 N–H and O–H groups in total. The van der Waals surface area contributed by atoms with E-state index in [0.29, 0.717) is 35.9 Å². The van der Waals surface area contributed by atoms with Crippen LogP contribution in [-0.2, 0) is 11.3 Å². The zero-order valence-electron chi connectivity index (χ0n) is 18.7.